The zero-order valence-corrected chi connectivity index (χ0v) is 13.0. The summed E-state index contributed by atoms with van der Waals surface area (Å²) >= 11 is 2.34. The molecule has 2 bridgehead atoms. The molecule has 2 aliphatic rings. The first kappa shape index (κ1) is 13.5. The molecule has 0 amide bonds. The van der Waals surface area contributed by atoms with Crippen molar-refractivity contribution in [2.75, 3.05) is 18.7 Å². The first-order valence-corrected chi connectivity index (χ1v) is 8.79. The van der Waals surface area contributed by atoms with Crippen molar-refractivity contribution < 1.29 is 13.5 Å². The Hall–Kier alpha value is 1.11. The number of alkyl halides is 1. The second-order valence-electron chi connectivity index (χ2n) is 4.38. The molecule has 0 aromatic heterocycles. The molecule has 0 saturated carbocycles. The SMILES string of the molecule is CN(C)C1C(OCI)C2CC(S(=O)O)C1S2. The first-order valence-electron chi connectivity index (χ1n) is 5.15. The second kappa shape index (κ2) is 5.40. The minimum Gasteiger partial charge on any atom is -0.365 e. The van der Waals surface area contributed by atoms with Gasteiger partial charge in [-0.25, -0.2) is 4.21 Å². The molecule has 6 atom stereocenters. The molecule has 2 rings (SSSR count). The van der Waals surface area contributed by atoms with Crippen LogP contribution in [0.5, 0.6) is 0 Å². The summed E-state index contributed by atoms with van der Waals surface area (Å²) in [5, 5.41) is 0.531. The summed E-state index contributed by atoms with van der Waals surface area (Å²) in [4.78, 5) is 2.13. The lowest BCUT2D eigenvalue weighted by molar-refractivity contribution is 0.0218. The van der Waals surface area contributed by atoms with Crippen LogP contribution in [-0.4, -0.2) is 60.3 Å². The van der Waals surface area contributed by atoms with Gasteiger partial charge in [-0.2, -0.15) is 0 Å². The normalized spacial score (nSPS) is 44.2. The van der Waals surface area contributed by atoms with E-state index in [4.69, 9.17) is 4.74 Å². The smallest absolute Gasteiger partial charge is 0.157 e. The topological polar surface area (TPSA) is 49.8 Å². The Labute approximate surface area is 116 Å². The van der Waals surface area contributed by atoms with Gasteiger partial charge in [0, 0.05) is 16.5 Å². The zero-order valence-electron chi connectivity index (χ0n) is 9.21. The fourth-order valence-electron chi connectivity index (χ4n) is 2.69. The van der Waals surface area contributed by atoms with Crippen LogP contribution in [0.2, 0.25) is 0 Å². The third-order valence-corrected chi connectivity index (χ3v) is 6.58. The highest BCUT2D eigenvalue weighted by molar-refractivity contribution is 14.1. The quantitative estimate of drug-likeness (QED) is 0.453. The highest BCUT2D eigenvalue weighted by Gasteiger charge is 2.56. The van der Waals surface area contributed by atoms with Crippen molar-refractivity contribution in [1.82, 2.24) is 4.90 Å². The van der Waals surface area contributed by atoms with Crippen LogP contribution in [-0.2, 0) is 15.8 Å². The Kier molecular flexibility index (Phi) is 4.57. The van der Waals surface area contributed by atoms with Crippen LogP contribution >= 0.6 is 34.4 Å². The van der Waals surface area contributed by atoms with E-state index < -0.39 is 11.1 Å². The molecule has 94 valence electrons. The van der Waals surface area contributed by atoms with Gasteiger partial charge in [0.1, 0.15) is 0 Å². The van der Waals surface area contributed by atoms with Gasteiger partial charge in [0.05, 0.1) is 16.0 Å². The molecule has 16 heavy (non-hydrogen) atoms. The number of hydrogen-bond acceptors (Lipinski definition) is 4. The predicted octanol–water partition coefficient (Wildman–Crippen LogP) is 1.17. The lowest BCUT2D eigenvalue weighted by Gasteiger charge is -2.36. The molecule has 0 aromatic rings. The average molecular weight is 377 g/mol. The van der Waals surface area contributed by atoms with Crippen molar-refractivity contribution in [2.45, 2.75) is 34.3 Å². The molecule has 4 nitrogen and oxygen atoms in total. The van der Waals surface area contributed by atoms with E-state index in [9.17, 15) is 8.76 Å². The van der Waals surface area contributed by atoms with Crippen molar-refractivity contribution >= 4 is 45.4 Å². The number of halogens is 1. The molecular formula is C9H16INO3S2. The maximum absolute atomic E-state index is 11.3. The minimum atomic E-state index is -1.70. The van der Waals surface area contributed by atoms with Gasteiger partial charge in [0.2, 0.25) is 0 Å². The summed E-state index contributed by atoms with van der Waals surface area (Å²) in [5.41, 5.74) is 0. The van der Waals surface area contributed by atoms with Crippen LogP contribution in [0, 0.1) is 0 Å². The molecule has 0 aliphatic carbocycles. The van der Waals surface area contributed by atoms with Crippen molar-refractivity contribution in [3.8, 4) is 0 Å². The van der Waals surface area contributed by atoms with E-state index >= 15 is 0 Å². The fraction of sp³-hybridized carbons (Fsp3) is 1.00. The summed E-state index contributed by atoms with van der Waals surface area (Å²) < 4.78 is 27.0. The predicted molar refractivity (Wildman–Crippen MR) is 75.6 cm³/mol. The summed E-state index contributed by atoms with van der Waals surface area (Å²) in [7, 11) is 4.04. The molecule has 1 N–H and O–H groups in total. The van der Waals surface area contributed by atoms with Crippen molar-refractivity contribution in [2.24, 2.45) is 0 Å². The summed E-state index contributed by atoms with van der Waals surface area (Å²) in [6.07, 6.45) is 1.02. The molecular weight excluding hydrogens is 361 g/mol. The number of ether oxygens (including phenoxy) is 1. The monoisotopic (exact) mass is 377 g/mol. The van der Waals surface area contributed by atoms with Crippen molar-refractivity contribution in [3.05, 3.63) is 0 Å². The Morgan fingerprint density at radius 3 is 2.81 bits per heavy atom. The number of likely N-dealkylation sites (N-methyl/N-ethyl adjacent to an activating group) is 1. The molecule has 0 aromatic carbocycles. The second-order valence-corrected chi connectivity index (χ2v) is 7.59. The molecule has 2 heterocycles. The van der Waals surface area contributed by atoms with Crippen molar-refractivity contribution in [3.63, 3.8) is 0 Å². The Bertz CT molecular complexity index is 292. The maximum atomic E-state index is 11.3. The van der Waals surface area contributed by atoms with E-state index in [2.05, 4.69) is 27.5 Å². The van der Waals surface area contributed by atoms with Crippen LogP contribution in [0.1, 0.15) is 6.42 Å². The van der Waals surface area contributed by atoms with Gasteiger partial charge in [0.15, 0.2) is 11.1 Å². The van der Waals surface area contributed by atoms with Crippen LogP contribution in [0.25, 0.3) is 0 Å². The van der Waals surface area contributed by atoms with Gasteiger partial charge in [-0.1, -0.05) is 22.6 Å². The third kappa shape index (κ3) is 2.31. The maximum Gasteiger partial charge on any atom is 0.157 e. The Morgan fingerprint density at radius 2 is 2.31 bits per heavy atom. The van der Waals surface area contributed by atoms with Crippen LogP contribution in [0.4, 0.5) is 0 Å². The molecule has 2 fully saturated rings. The van der Waals surface area contributed by atoms with Crippen LogP contribution in [0.15, 0.2) is 0 Å². The van der Waals surface area contributed by atoms with E-state index in [1.54, 1.807) is 0 Å². The van der Waals surface area contributed by atoms with Gasteiger partial charge >= 0.3 is 0 Å². The number of fused-ring (bicyclic) bond motifs is 2. The Morgan fingerprint density at radius 1 is 1.62 bits per heavy atom. The van der Waals surface area contributed by atoms with E-state index in [-0.39, 0.29) is 22.6 Å². The first-order chi connectivity index (χ1) is 7.56. The van der Waals surface area contributed by atoms with E-state index in [1.807, 2.05) is 25.9 Å². The molecule has 0 spiro atoms. The van der Waals surface area contributed by atoms with Gasteiger partial charge in [-0.15, -0.1) is 11.8 Å². The molecule has 2 aliphatic heterocycles. The number of nitrogens with zero attached hydrogens (tertiary/aromatic N) is 1. The van der Waals surface area contributed by atoms with Crippen LogP contribution < -0.4 is 0 Å². The summed E-state index contributed by atoms with van der Waals surface area (Å²) in [6, 6.07) is 0.264. The standard InChI is InChI=1S/C9H16INO3S2/c1-11(2)7-8(14-4-10)5-3-6(16(12)13)9(7)15-5/h5-9H,3-4H2,1-2H3,(H,12,13). The van der Waals surface area contributed by atoms with E-state index in [0.29, 0.717) is 9.86 Å². The van der Waals surface area contributed by atoms with Crippen LogP contribution in [0.3, 0.4) is 0 Å². The Balaban J connectivity index is 2.15. The third-order valence-electron chi connectivity index (χ3n) is 3.31. The fourth-order valence-corrected chi connectivity index (χ4v) is 6.43. The summed E-state index contributed by atoms with van der Waals surface area (Å²) in [6.45, 7) is 0. The van der Waals surface area contributed by atoms with E-state index in [0.717, 1.165) is 6.42 Å². The zero-order chi connectivity index (χ0) is 11.9. The number of rotatable bonds is 4. The van der Waals surface area contributed by atoms with Gasteiger partial charge in [-0.3, -0.25) is 0 Å². The largest absolute Gasteiger partial charge is 0.365 e. The molecule has 0 radical (unpaired) electrons. The molecule has 6 unspecified atom stereocenters. The molecule has 2 saturated heterocycles. The van der Waals surface area contributed by atoms with Crippen molar-refractivity contribution in [1.29, 1.82) is 0 Å². The average Bonchev–Trinajstić information content (AvgIpc) is 2.74. The van der Waals surface area contributed by atoms with Gasteiger partial charge in [0.25, 0.3) is 0 Å². The summed E-state index contributed by atoms with van der Waals surface area (Å²) in [5.74, 6) is 0. The highest BCUT2D eigenvalue weighted by Crippen LogP contribution is 2.50. The lowest BCUT2D eigenvalue weighted by Crippen LogP contribution is -2.53. The number of thioether (sulfide) groups is 1. The molecule has 7 heteroatoms. The lowest BCUT2D eigenvalue weighted by atomic mass is 9.91. The van der Waals surface area contributed by atoms with E-state index in [1.165, 1.54) is 0 Å². The highest BCUT2D eigenvalue weighted by atomic mass is 127. The van der Waals surface area contributed by atoms with Gasteiger partial charge in [-0.05, 0) is 20.5 Å². The number of hydrogen-bond donors (Lipinski definition) is 1. The minimum absolute atomic E-state index is 0.0866. The van der Waals surface area contributed by atoms with Gasteiger partial charge < -0.3 is 14.2 Å².